The van der Waals surface area contributed by atoms with Gasteiger partial charge in [-0.2, -0.15) is 9.36 Å². The number of nitrogens with one attached hydrogen (secondary N) is 1. The minimum Gasteiger partial charge on any atom is -0.348 e. The number of hydrogen-bond acceptors (Lipinski definition) is 4. The quantitative estimate of drug-likeness (QED) is 0.720. The molecular formula is C17H14ClF2N5O2. The summed E-state index contributed by atoms with van der Waals surface area (Å²) < 4.78 is 28.0. The maximum atomic E-state index is 13.2. The van der Waals surface area contributed by atoms with Crippen molar-refractivity contribution in [1.82, 2.24) is 25.1 Å². The van der Waals surface area contributed by atoms with Crippen molar-refractivity contribution in [2.75, 3.05) is 0 Å². The molecule has 7 nitrogen and oxygen atoms in total. The molecule has 0 spiro atoms. The normalized spacial score (nSPS) is 12.0. The van der Waals surface area contributed by atoms with E-state index >= 15 is 0 Å². The molecular weight excluding hydrogens is 380 g/mol. The number of aromatic nitrogens is 4. The van der Waals surface area contributed by atoms with Crippen LogP contribution in [0.3, 0.4) is 0 Å². The van der Waals surface area contributed by atoms with E-state index in [9.17, 15) is 18.4 Å². The lowest BCUT2D eigenvalue weighted by Crippen LogP contribution is -2.34. The van der Waals surface area contributed by atoms with E-state index in [2.05, 4.69) is 15.7 Å². The first-order valence-electron chi connectivity index (χ1n) is 7.88. The number of carbonyl (C=O) groups is 1. The van der Waals surface area contributed by atoms with E-state index in [0.717, 1.165) is 9.36 Å². The average Bonchev–Trinajstić information content (AvgIpc) is 2.98. The van der Waals surface area contributed by atoms with Crippen LogP contribution in [0.4, 0.5) is 8.78 Å². The molecule has 0 bridgehead atoms. The maximum Gasteiger partial charge on any atom is 0.368 e. The van der Waals surface area contributed by atoms with Gasteiger partial charge in [0.2, 0.25) is 5.91 Å². The van der Waals surface area contributed by atoms with Crippen LogP contribution in [-0.4, -0.2) is 25.7 Å². The summed E-state index contributed by atoms with van der Waals surface area (Å²) >= 11 is 5.74. The highest BCUT2D eigenvalue weighted by atomic mass is 35.5. The fourth-order valence-electron chi connectivity index (χ4n) is 2.41. The van der Waals surface area contributed by atoms with Crippen molar-refractivity contribution in [2.45, 2.75) is 19.5 Å². The Hall–Kier alpha value is -3.07. The monoisotopic (exact) mass is 393 g/mol. The highest BCUT2D eigenvalue weighted by Gasteiger charge is 2.15. The lowest BCUT2D eigenvalue weighted by molar-refractivity contribution is -0.122. The number of benzene rings is 2. The second-order valence-corrected chi connectivity index (χ2v) is 6.18. The van der Waals surface area contributed by atoms with Gasteiger partial charge in [-0.1, -0.05) is 17.7 Å². The summed E-state index contributed by atoms with van der Waals surface area (Å²) in [6, 6.07) is 8.78. The van der Waals surface area contributed by atoms with Gasteiger partial charge in [0.15, 0.2) is 0 Å². The van der Waals surface area contributed by atoms with Crippen molar-refractivity contribution in [1.29, 1.82) is 0 Å². The van der Waals surface area contributed by atoms with Crippen molar-refractivity contribution in [2.24, 2.45) is 0 Å². The third-order valence-corrected chi connectivity index (χ3v) is 4.11. The second-order valence-electron chi connectivity index (χ2n) is 5.77. The summed E-state index contributed by atoms with van der Waals surface area (Å²) in [7, 11) is 0. The van der Waals surface area contributed by atoms with E-state index in [1.165, 1.54) is 42.5 Å². The molecule has 3 rings (SSSR count). The number of halogens is 3. The van der Waals surface area contributed by atoms with Crippen LogP contribution in [0.5, 0.6) is 0 Å². The molecule has 0 aliphatic heterocycles. The molecule has 0 saturated heterocycles. The zero-order chi connectivity index (χ0) is 19.6. The van der Waals surface area contributed by atoms with E-state index < -0.39 is 29.3 Å². The van der Waals surface area contributed by atoms with Crippen LogP contribution in [0, 0.1) is 11.6 Å². The van der Waals surface area contributed by atoms with Crippen molar-refractivity contribution >= 4 is 17.5 Å². The molecule has 3 aromatic rings. The van der Waals surface area contributed by atoms with Gasteiger partial charge in [-0.05, 0) is 59.3 Å². The SMILES string of the molecule is C[C@H](NC(=O)Cn1nnn(-c2ccc(F)cc2)c1=O)c1ccc(F)c(Cl)c1. The Bertz CT molecular complexity index is 1030. The predicted molar refractivity (Wildman–Crippen MR) is 93.5 cm³/mol. The first-order valence-corrected chi connectivity index (χ1v) is 8.26. The minimum absolute atomic E-state index is 0.0490. The number of hydrogen-bond donors (Lipinski definition) is 1. The van der Waals surface area contributed by atoms with Crippen molar-refractivity contribution in [3.05, 3.63) is 75.2 Å². The number of rotatable bonds is 5. The van der Waals surface area contributed by atoms with Crippen molar-refractivity contribution in [3.8, 4) is 5.69 Å². The predicted octanol–water partition coefficient (Wildman–Crippen LogP) is 2.24. The van der Waals surface area contributed by atoms with E-state index in [1.54, 1.807) is 6.92 Å². The summed E-state index contributed by atoms with van der Waals surface area (Å²) in [6.07, 6.45) is 0. The van der Waals surface area contributed by atoms with E-state index in [1.807, 2.05) is 0 Å². The van der Waals surface area contributed by atoms with Gasteiger partial charge >= 0.3 is 5.69 Å². The summed E-state index contributed by atoms with van der Waals surface area (Å²) in [5.74, 6) is -1.49. The van der Waals surface area contributed by atoms with Crippen LogP contribution in [-0.2, 0) is 11.3 Å². The van der Waals surface area contributed by atoms with Gasteiger partial charge in [-0.25, -0.2) is 13.6 Å². The lowest BCUT2D eigenvalue weighted by atomic mass is 10.1. The standard InChI is InChI=1S/C17H14ClF2N5O2/c1-10(11-2-7-15(20)14(18)8-11)21-16(26)9-24-17(27)25(23-22-24)13-5-3-12(19)4-6-13/h2-8,10H,9H2,1H3,(H,21,26)/t10-/m0/s1. The summed E-state index contributed by atoms with van der Waals surface area (Å²) in [5, 5.41) is 9.95. The molecule has 1 aromatic heterocycles. The zero-order valence-corrected chi connectivity index (χ0v) is 14.8. The molecule has 0 unspecified atom stereocenters. The first kappa shape index (κ1) is 18.7. The number of tetrazole rings is 1. The van der Waals surface area contributed by atoms with Crippen molar-refractivity contribution < 1.29 is 13.6 Å². The number of amides is 1. The second kappa shape index (κ2) is 7.67. The fraction of sp³-hybridized carbons (Fsp3) is 0.176. The molecule has 0 fully saturated rings. The molecule has 0 aliphatic carbocycles. The third kappa shape index (κ3) is 4.20. The van der Waals surface area contributed by atoms with Crippen LogP contribution in [0.25, 0.3) is 5.69 Å². The molecule has 10 heteroatoms. The number of nitrogens with zero attached hydrogens (tertiary/aromatic N) is 4. The fourth-order valence-corrected chi connectivity index (χ4v) is 2.59. The van der Waals surface area contributed by atoms with Gasteiger partial charge in [0.1, 0.15) is 18.2 Å². The molecule has 1 N–H and O–H groups in total. The molecule has 1 atom stereocenters. The smallest absolute Gasteiger partial charge is 0.348 e. The zero-order valence-electron chi connectivity index (χ0n) is 14.1. The van der Waals surface area contributed by atoms with Crippen LogP contribution in [0.2, 0.25) is 5.02 Å². The van der Waals surface area contributed by atoms with Gasteiger partial charge in [0, 0.05) is 0 Å². The molecule has 0 aliphatic rings. The summed E-state index contributed by atoms with van der Waals surface area (Å²) in [6.45, 7) is 1.33. The van der Waals surface area contributed by atoms with Crippen LogP contribution in [0.15, 0.2) is 47.3 Å². The Labute approximate surface area is 157 Å². The number of carbonyl (C=O) groups excluding carboxylic acids is 1. The Morgan fingerprint density at radius 3 is 2.56 bits per heavy atom. The Morgan fingerprint density at radius 2 is 1.89 bits per heavy atom. The molecule has 0 radical (unpaired) electrons. The van der Waals surface area contributed by atoms with Gasteiger partial charge in [-0.3, -0.25) is 4.79 Å². The molecule has 1 heterocycles. The van der Waals surface area contributed by atoms with Gasteiger partial charge in [-0.15, -0.1) is 0 Å². The van der Waals surface area contributed by atoms with Gasteiger partial charge in [0.05, 0.1) is 16.8 Å². The van der Waals surface area contributed by atoms with Crippen LogP contribution in [0.1, 0.15) is 18.5 Å². The largest absolute Gasteiger partial charge is 0.368 e. The highest BCUT2D eigenvalue weighted by molar-refractivity contribution is 6.30. The average molecular weight is 394 g/mol. The molecule has 1 amide bonds. The van der Waals surface area contributed by atoms with E-state index in [-0.39, 0.29) is 11.6 Å². The van der Waals surface area contributed by atoms with Gasteiger partial charge < -0.3 is 5.32 Å². The third-order valence-electron chi connectivity index (χ3n) is 3.83. The molecule has 0 saturated carbocycles. The Morgan fingerprint density at radius 1 is 1.19 bits per heavy atom. The Balaban J connectivity index is 1.70. The first-order chi connectivity index (χ1) is 12.8. The molecule has 140 valence electrons. The Kier molecular flexibility index (Phi) is 5.31. The minimum atomic E-state index is -0.644. The molecule has 27 heavy (non-hydrogen) atoms. The maximum absolute atomic E-state index is 13.2. The highest BCUT2D eigenvalue weighted by Crippen LogP contribution is 2.20. The summed E-state index contributed by atoms with van der Waals surface area (Å²) in [4.78, 5) is 24.5. The summed E-state index contributed by atoms with van der Waals surface area (Å²) in [5.41, 5.74) is 0.286. The lowest BCUT2D eigenvalue weighted by Gasteiger charge is -2.14. The van der Waals surface area contributed by atoms with Crippen LogP contribution < -0.4 is 11.0 Å². The van der Waals surface area contributed by atoms with Gasteiger partial charge in [0.25, 0.3) is 0 Å². The topological polar surface area (TPSA) is 81.8 Å². The van der Waals surface area contributed by atoms with E-state index in [4.69, 9.17) is 11.6 Å². The van der Waals surface area contributed by atoms with Crippen LogP contribution >= 0.6 is 11.6 Å². The molecule has 2 aromatic carbocycles. The van der Waals surface area contributed by atoms with Crippen molar-refractivity contribution in [3.63, 3.8) is 0 Å². The van der Waals surface area contributed by atoms with E-state index in [0.29, 0.717) is 11.3 Å².